The Bertz CT molecular complexity index is 611. The topological polar surface area (TPSA) is 62.7 Å². The molecule has 0 aromatic carbocycles. The molecular formula is C12H14F3N5S. The van der Waals surface area contributed by atoms with Gasteiger partial charge in [0.25, 0.3) is 0 Å². The maximum Gasteiger partial charge on any atom is 0.433 e. The summed E-state index contributed by atoms with van der Waals surface area (Å²) in [6.45, 7) is 2.34. The summed E-state index contributed by atoms with van der Waals surface area (Å²) in [6.07, 6.45) is -1.86. The Morgan fingerprint density at radius 3 is 2.62 bits per heavy atom. The van der Waals surface area contributed by atoms with Gasteiger partial charge < -0.3 is 10.6 Å². The second kappa shape index (κ2) is 6.25. The van der Waals surface area contributed by atoms with Crippen molar-refractivity contribution in [3.8, 4) is 0 Å². The Kier molecular flexibility index (Phi) is 4.61. The van der Waals surface area contributed by atoms with Crippen LogP contribution in [0.2, 0.25) is 0 Å². The van der Waals surface area contributed by atoms with Crippen molar-refractivity contribution in [1.82, 2.24) is 15.0 Å². The zero-order valence-electron chi connectivity index (χ0n) is 11.5. The highest BCUT2D eigenvalue weighted by Crippen LogP contribution is 2.29. The Morgan fingerprint density at radius 1 is 1.29 bits per heavy atom. The normalized spacial score (nSPS) is 11.5. The SMILES string of the molecule is CCc1cnc(CNc2cc(C(F)(F)F)nc(NC)n2)s1. The van der Waals surface area contributed by atoms with E-state index in [0.29, 0.717) is 6.54 Å². The minimum atomic E-state index is -4.51. The smallest absolute Gasteiger partial charge is 0.363 e. The van der Waals surface area contributed by atoms with Gasteiger partial charge in [-0.3, -0.25) is 0 Å². The van der Waals surface area contributed by atoms with E-state index in [2.05, 4.69) is 25.6 Å². The number of alkyl halides is 3. The minimum absolute atomic E-state index is 0.0827. The van der Waals surface area contributed by atoms with Gasteiger partial charge in [0.05, 0.1) is 6.54 Å². The molecule has 21 heavy (non-hydrogen) atoms. The Labute approximate surface area is 123 Å². The number of rotatable bonds is 5. The summed E-state index contributed by atoms with van der Waals surface area (Å²) in [6, 6.07) is 0.884. The van der Waals surface area contributed by atoms with Crippen LogP contribution in [0.15, 0.2) is 12.3 Å². The van der Waals surface area contributed by atoms with Crippen LogP contribution in [0.4, 0.5) is 24.9 Å². The molecule has 0 aliphatic heterocycles. The Balaban J connectivity index is 2.15. The van der Waals surface area contributed by atoms with Gasteiger partial charge in [-0.15, -0.1) is 11.3 Å². The van der Waals surface area contributed by atoms with Crippen LogP contribution in [-0.4, -0.2) is 22.0 Å². The van der Waals surface area contributed by atoms with Crippen molar-refractivity contribution in [3.05, 3.63) is 27.8 Å². The molecule has 2 aromatic rings. The predicted molar refractivity (Wildman–Crippen MR) is 75.4 cm³/mol. The molecule has 0 radical (unpaired) electrons. The van der Waals surface area contributed by atoms with Gasteiger partial charge in [0.2, 0.25) is 5.95 Å². The Morgan fingerprint density at radius 2 is 2.05 bits per heavy atom. The van der Waals surface area contributed by atoms with E-state index >= 15 is 0 Å². The zero-order valence-corrected chi connectivity index (χ0v) is 12.3. The van der Waals surface area contributed by atoms with Crippen molar-refractivity contribution in [2.45, 2.75) is 26.1 Å². The van der Waals surface area contributed by atoms with Crippen LogP contribution in [-0.2, 0) is 19.1 Å². The van der Waals surface area contributed by atoms with E-state index in [9.17, 15) is 13.2 Å². The van der Waals surface area contributed by atoms with Crippen molar-refractivity contribution < 1.29 is 13.2 Å². The number of thiazole rings is 1. The average molecular weight is 317 g/mol. The van der Waals surface area contributed by atoms with Crippen molar-refractivity contribution in [1.29, 1.82) is 0 Å². The fourth-order valence-corrected chi connectivity index (χ4v) is 2.36. The lowest BCUT2D eigenvalue weighted by molar-refractivity contribution is -0.141. The molecule has 0 bridgehead atoms. The first-order valence-electron chi connectivity index (χ1n) is 6.24. The van der Waals surface area contributed by atoms with Crippen LogP contribution in [0, 0.1) is 0 Å². The number of aromatic nitrogens is 3. The third-order valence-electron chi connectivity index (χ3n) is 2.61. The van der Waals surface area contributed by atoms with E-state index in [-0.39, 0.29) is 11.8 Å². The summed E-state index contributed by atoms with van der Waals surface area (Å²) >= 11 is 1.52. The van der Waals surface area contributed by atoms with Gasteiger partial charge >= 0.3 is 6.18 Å². The van der Waals surface area contributed by atoms with Crippen LogP contribution in [0.3, 0.4) is 0 Å². The molecule has 0 aliphatic carbocycles. The van der Waals surface area contributed by atoms with Crippen LogP contribution >= 0.6 is 11.3 Å². The fourth-order valence-electron chi connectivity index (χ4n) is 1.55. The zero-order chi connectivity index (χ0) is 15.5. The maximum absolute atomic E-state index is 12.7. The van der Waals surface area contributed by atoms with Gasteiger partial charge in [0.1, 0.15) is 10.8 Å². The highest BCUT2D eigenvalue weighted by Gasteiger charge is 2.33. The maximum atomic E-state index is 12.7. The van der Waals surface area contributed by atoms with Crippen molar-refractivity contribution in [2.24, 2.45) is 0 Å². The molecule has 0 aliphatic rings. The lowest BCUT2D eigenvalue weighted by Crippen LogP contribution is -2.13. The molecule has 0 unspecified atom stereocenters. The Hall–Kier alpha value is -1.90. The second-order valence-electron chi connectivity index (χ2n) is 4.14. The first kappa shape index (κ1) is 15.5. The van der Waals surface area contributed by atoms with E-state index in [4.69, 9.17) is 0 Å². The number of nitrogens with zero attached hydrogens (tertiary/aromatic N) is 3. The molecule has 0 spiro atoms. The van der Waals surface area contributed by atoms with E-state index in [1.165, 1.54) is 18.4 Å². The highest BCUT2D eigenvalue weighted by atomic mass is 32.1. The average Bonchev–Trinajstić information content (AvgIpc) is 2.92. The van der Waals surface area contributed by atoms with E-state index in [0.717, 1.165) is 22.4 Å². The quantitative estimate of drug-likeness (QED) is 0.887. The lowest BCUT2D eigenvalue weighted by Gasteiger charge is -2.10. The number of halogens is 3. The first-order valence-corrected chi connectivity index (χ1v) is 7.05. The monoisotopic (exact) mass is 317 g/mol. The fraction of sp³-hybridized carbons (Fsp3) is 0.417. The molecule has 0 atom stereocenters. The van der Waals surface area contributed by atoms with Crippen molar-refractivity contribution in [3.63, 3.8) is 0 Å². The first-order chi connectivity index (χ1) is 9.92. The van der Waals surface area contributed by atoms with Gasteiger partial charge in [0.15, 0.2) is 5.69 Å². The van der Waals surface area contributed by atoms with Crippen LogP contribution in [0.5, 0.6) is 0 Å². The van der Waals surface area contributed by atoms with Crippen molar-refractivity contribution >= 4 is 23.1 Å². The summed E-state index contributed by atoms with van der Waals surface area (Å²) in [5, 5.41) is 6.15. The molecule has 5 nitrogen and oxygen atoms in total. The molecule has 114 valence electrons. The van der Waals surface area contributed by atoms with Crippen LogP contribution < -0.4 is 10.6 Å². The van der Waals surface area contributed by atoms with E-state index in [1.54, 1.807) is 6.20 Å². The standard InChI is InChI=1S/C12H14F3N5S/c1-3-7-5-18-10(21-7)6-17-9-4-8(12(13,14)15)19-11(16-2)20-9/h4-5H,3,6H2,1-2H3,(H2,16,17,19,20). The number of nitrogens with one attached hydrogen (secondary N) is 2. The third kappa shape index (κ3) is 4.03. The molecule has 9 heteroatoms. The number of aryl methyl sites for hydroxylation is 1. The largest absolute Gasteiger partial charge is 0.433 e. The molecule has 0 saturated heterocycles. The summed E-state index contributed by atoms with van der Waals surface area (Å²) < 4.78 is 38.2. The molecule has 0 fully saturated rings. The highest BCUT2D eigenvalue weighted by molar-refractivity contribution is 7.11. The molecule has 0 saturated carbocycles. The lowest BCUT2D eigenvalue weighted by atomic mass is 10.3. The molecule has 0 amide bonds. The predicted octanol–water partition coefficient (Wildman–Crippen LogP) is 3.17. The van der Waals surface area contributed by atoms with Crippen LogP contribution in [0.1, 0.15) is 22.5 Å². The summed E-state index contributed by atoms with van der Waals surface area (Å²) in [5.74, 6) is 0.0237. The molecule has 2 rings (SSSR count). The summed E-state index contributed by atoms with van der Waals surface area (Å²) in [7, 11) is 1.47. The van der Waals surface area contributed by atoms with Gasteiger partial charge in [0, 0.05) is 24.2 Å². The molecular weight excluding hydrogens is 303 g/mol. The third-order valence-corrected chi connectivity index (χ3v) is 3.75. The van der Waals surface area contributed by atoms with Gasteiger partial charge in [-0.1, -0.05) is 6.92 Å². The number of anilines is 2. The van der Waals surface area contributed by atoms with Crippen molar-refractivity contribution in [2.75, 3.05) is 17.7 Å². The second-order valence-corrected chi connectivity index (χ2v) is 5.34. The van der Waals surface area contributed by atoms with Gasteiger partial charge in [-0.25, -0.2) is 9.97 Å². The molecule has 2 aromatic heterocycles. The van der Waals surface area contributed by atoms with Gasteiger partial charge in [-0.2, -0.15) is 18.2 Å². The number of hydrogen-bond donors (Lipinski definition) is 2. The number of hydrogen-bond acceptors (Lipinski definition) is 6. The summed E-state index contributed by atoms with van der Waals surface area (Å²) in [4.78, 5) is 12.7. The minimum Gasteiger partial charge on any atom is -0.363 e. The molecule has 2 N–H and O–H groups in total. The molecule has 2 heterocycles. The van der Waals surface area contributed by atoms with Gasteiger partial charge in [-0.05, 0) is 6.42 Å². The van der Waals surface area contributed by atoms with Crippen LogP contribution in [0.25, 0.3) is 0 Å². The summed E-state index contributed by atoms with van der Waals surface area (Å²) in [5.41, 5.74) is -0.988. The van der Waals surface area contributed by atoms with E-state index in [1.807, 2.05) is 6.92 Å². The van der Waals surface area contributed by atoms with E-state index < -0.39 is 11.9 Å².